The number of nitrogens with one attached hydrogen (secondary N) is 1. The summed E-state index contributed by atoms with van der Waals surface area (Å²) in [7, 11) is 0. The number of fused-ring (bicyclic) bond motifs is 2. The summed E-state index contributed by atoms with van der Waals surface area (Å²) in [6.45, 7) is 2.34. The summed E-state index contributed by atoms with van der Waals surface area (Å²) in [5.74, 6) is 1.76. The summed E-state index contributed by atoms with van der Waals surface area (Å²) in [5, 5.41) is 1.08. The number of ketones is 1. The molecular weight excluding hydrogens is 388 g/mol. The smallest absolute Gasteiger partial charge is 0.231 e. The summed E-state index contributed by atoms with van der Waals surface area (Å²) in [5.41, 5.74) is 5.92. The molecule has 3 heterocycles. The Kier molecular flexibility index (Phi) is 3.93. The first-order chi connectivity index (χ1) is 15.1. The van der Waals surface area contributed by atoms with Gasteiger partial charge in [-0.1, -0.05) is 24.3 Å². The molecule has 0 bridgehead atoms. The zero-order valence-electron chi connectivity index (χ0n) is 17.3. The van der Waals surface area contributed by atoms with Crippen LogP contribution in [0.25, 0.3) is 22.2 Å². The van der Waals surface area contributed by atoms with Gasteiger partial charge in [-0.05, 0) is 66.3 Å². The summed E-state index contributed by atoms with van der Waals surface area (Å²) < 4.78 is 10.9. The summed E-state index contributed by atoms with van der Waals surface area (Å²) in [6.07, 6.45) is 5.98. The maximum absolute atomic E-state index is 13.4. The van der Waals surface area contributed by atoms with Crippen LogP contribution in [0, 0.1) is 6.92 Å². The molecule has 2 aromatic heterocycles. The zero-order chi connectivity index (χ0) is 21.0. The molecule has 0 unspecified atom stereocenters. The number of aromatic amines is 1. The van der Waals surface area contributed by atoms with Crippen molar-refractivity contribution in [1.82, 2.24) is 9.97 Å². The first kappa shape index (κ1) is 18.2. The lowest BCUT2D eigenvalue weighted by Gasteiger charge is -2.16. The molecule has 1 aliphatic heterocycles. The van der Waals surface area contributed by atoms with Crippen molar-refractivity contribution >= 4 is 16.8 Å². The predicted molar refractivity (Wildman–Crippen MR) is 118 cm³/mol. The first-order valence-corrected chi connectivity index (χ1v) is 10.6. The molecule has 31 heavy (non-hydrogen) atoms. The second-order valence-electron chi connectivity index (χ2n) is 8.54. The van der Waals surface area contributed by atoms with Gasteiger partial charge in [-0.2, -0.15) is 0 Å². The molecule has 1 saturated carbocycles. The molecular formula is C26H22N2O3. The molecule has 0 radical (unpaired) electrons. The number of nitrogens with zero attached hydrogens (tertiary/aromatic N) is 1. The third-order valence-electron chi connectivity index (χ3n) is 6.59. The van der Waals surface area contributed by atoms with Crippen LogP contribution in [0.15, 0.2) is 60.9 Å². The van der Waals surface area contributed by atoms with Crippen LogP contribution < -0.4 is 9.47 Å². The number of aromatic nitrogens is 2. The number of carbonyl (C=O) groups excluding carboxylic acids is 1. The van der Waals surface area contributed by atoms with E-state index >= 15 is 0 Å². The van der Waals surface area contributed by atoms with E-state index in [1.165, 1.54) is 5.56 Å². The molecule has 154 valence electrons. The number of aryl methyl sites for hydroxylation is 1. The van der Waals surface area contributed by atoms with Gasteiger partial charge in [-0.25, -0.2) is 4.98 Å². The molecule has 5 heteroatoms. The lowest BCUT2D eigenvalue weighted by molar-refractivity contribution is -0.120. The molecule has 0 saturated heterocycles. The standard InChI is InChI=1S/C26H22N2O3/c1-16-2-3-17(10-21(16)19-12-18-6-9-27-25(18)28-14-19)11-24(29)26(7-8-26)20-4-5-22-23(13-20)31-15-30-22/h2-6,9-10,12-14H,7-8,11,15H2,1H3,(H,27,28). The number of carbonyl (C=O) groups is 1. The van der Waals surface area contributed by atoms with Crippen molar-refractivity contribution in [3.05, 3.63) is 77.6 Å². The molecule has 0 spiro atoms. The van der Waals surface area contributed by atoms with Gasteiger partial charge in [-0.15, -0.1) is 0 Å². The Labute approximate surface area is 180 Å². The maximum atomic E-state index is 13.4. The van der Waals surface area contributed by atoms with E-state index in [0.717, 1.165) is 57.6 Å². The van der Waals surface area contributed by atoms with Gasteiger partial charge in [0.05, 0.1) is 5.41 Å². The van der Waals surface area contributed by atoms with Crippen LogP contribution in [0.2, 0.25) is 0 Å². The van der Waals surface area contributed by atoms with Crippen LogP contribution in [-0.4, -0.2) is 22.5 Å². The summed E-state index contributed by atoms with van der Waals surface area (Å²) >= 11 is 0. The van der Waals surface area contributed by atoms with Crippen molar-refractivity contribution < 1.29 is 14.3 Å². The number of hydrogen-bond acceptors (Lipinski definition) is 4. The lowest BCUT2D eigenvalue weighted by Crippen LogP contribution is -2.22. The Balaban J connectivity index is 1.29. The van der Waals surface area contributed by atoms with Gasteiger partial charge in [0.25, 0.3) is 0 Å². The minimum Gasteiger partial charge on any atom is -0.454 e. The lowest BCUT2D eigenvalue weighted by atomic mass is 9.87. The number of benzene rings is 2. The van der Waals surface area contributed by atoms with Gasteiger partial charge >= 0.3 is 0 Å². The molecule has 2 aliphatic rings. The summed E-state index contributed by atoms with van der Waals surface area (Å²) in [4.78, 5) is 21.0. The van der Waals surface area contributed by atoms with E-state index < -0.39 is 5.41 Å². The molecule has 2 aromatic carbocycles. The quantitative estimate of drug-likeness (QED) is 0.497. The van der Waals surface area contributed by atoms with Crippen molar-refractivity contribution in [2.24, 2.45) is 0 Å². The predicted octanol–water partition coefficient (Wildman–Crippen LogP) is 5.11. The van der Waals surface area contributed by atoms with Gasteiger partial charge in [0.1, 0.15) is 11.4 Å². The molecule has 4 aromatic rings. The van der Waals surface area contributed by atoms with E-state index in [1.54, 1.807) is 0 Å². The van der Waals surface area contributed by atoms with Crippen molar-refractivity contribution in [1.29, 1.82) is 0 Å². The fraction of sp³-hybridized carbons (Fsp3) is 0.231. The Hall–Kier alpha value is -3.60. The molecule has 5 nitrogen and oxygen atoms in total. The number of pyridine rings is 1. The Morgan fingerprint density at radius 1 is 1.06 bits per heavy atom. The Bertz CT molecular complexity index is 1330. The average Bonchev–Trinajstić information content (AvgIpc) is 3.24. The Morgan fingerprint density at radius 3 is 2.81 bits per heavy atom. The van der Waals surface area contributed by atoms with Crippen molar-refractivity contribution in [2.45, 2.75) is 31.6 Å². The normalized spacial score (nSPS) is 15.9. The monoisotopic (exact) mass is 410 g/mol. The third kappa shape index (κ3) is 3.00. The van der Waals surface area contributed by atoms with Gasteiger partial charge < -0.3 is 14.5 Å². The van der Waals surface area contributed by atoms with Crippen LogP contribution in [0.5, 0.6) is 11.5 Å². The van der Waals surface area contributed by atoms with E-state index in [-0.39, 0.29) is 12.6 Å². The van der Waals surface area contributed by atoms with Gasteiger partial charge in [0.15, 0.2) is 11.5 Å². The average molecular weight is 410 g/mol. The molecule has 6 rings (SSSR count). The highest BCUT2D eigenvalue weighted by atomic mass is 16.7. The number of H-pyrrole nitrogens is 1. The van der Waals surface area contributed by atoms with Crippen LogP contribution >= 0.6 is 0 Å². The van der Waals surface area contributed by atoms with Crippen molar-refractivity contribution in [2.75, 3.05) is 6.79 Å². The highest BCUT2D eigenvalue weighted by molar-refractivity contribution is 5.95. The van der Waals surface area contributed by atoms with E-state index in [0.29, 0.717) is 6.42 Å². The molecule has 0 amide bonds. The van der Waals surface area contributed by atoms with E-state index in [4.69, 9.17) is 9.47 Å². The van der Waals surface area contributed by atoms with Crippen LogP contribution in [0.4, 0.5) is 0 Å². The van der Waals surface area contributed by atoms with Crippen molar-refractivity contribution in [3.63, 3.8) is 0 Å². The molecule has 1 aliphatic carbocycles. The SMILES string of the molecule is Cc1ccc(CC(=O)C2(c3ccc4c(c3)OCO4)CC2)cc1-c1cnc2[nH]ccc2c1. The largest absolute Gasteiger partial charge is 0.454 e. The van der Waals surface area contributed by atoms with Gasteiger partial charge in [0.2, 0.25) is 6.79 Å². The minimum atomic E-state index is -0.391. The van der Waals surface area contributed by atoms with Crippen LogP contribution in [-0.2, 0) is 16.6 Å². The number of ether oxygens (including phenoxy) is 2. The van der Waals surface area contributed by atoms with Crippen LogP contribution in [0.3, 0.4) is 0 Å². The second kappa shape index (κ2) is 6.71. The van der Waals surface area contributed by atoms with Gasteiger partial charge in [0, 0.05) is 29.8 Å². The number of Topliss-reactive ketones (excluding diaryl/α,β-unsaturated/α-hetero) is 1. The summed E-state index contributed by atoms with van der Waals surface area (Å²) in [6, 6.07) is 16.4. The minimum absolute atomic E-state index is 0.245. The topological polar surface area (TPSA) is 64.2 Å². The van der Waals surface area contributed by atoms with Crippen molar-refractivity contribution in [3.8, 4) is 22.6 Å². The maximum Gasteiger partial charge on any atom is 0.231 e. The van der Waals surface area contributed by atoms with Gasteiger partial charge in [-0.3, -0.25) is 4.79 Å². The highest BCUT2D eigenvalue weighted by Gasteiger charge is 2.50. The van der Waals surface area contributed by atoms with Crippen LogP contribution in [0.1, 0.15) is 29.5 Å². The first-order valence-electron chi connectivity index (χ1n) is 10.6. The van der Waals surface area contributed by atoms with E-state index in [2.05, 4.69) is 41.2 Å². The van der Waals surface area contributed by atoms with E-state index in [1.807, 2.05) is 36.7 Å². The second-order valence-corrected chi connectivity index (χ2v) is 8.54. The highest BCUT2D eigenvalue weighted by Crippen LogP contribution is 2.51. The molecule has 0 atom stereocenters. The number of rotatable bonds is 5. The number of hydrogen-bond donors (Lipinski definition) is 1. The Morgan fingerprint density at radius 2 is 1.94 bits per heavy atom. The fourth-order valence-corrected chi connectivity index (χ4v) is 4.58. The van der Waals surface area contributed by atoms with E-state index in [9.17, 15) is 4.79 Å². The fourth-order valence-electron chi connectivity index (χ4n) is 4.58. The molecule has 1 fully saturated rings. The third-order valence-corrected chi connectivity index (χ3v) is 6.59. The zero-order valence-corrected chi connectivity index (χ0v) is 17.3. The molecule has 1 N–H and O–H groups in total.